The van der Waals surface area contributed by atoms with Gasteiger partial charge >= 0.3 is 0 Å². The van der Waals surface area contributed by atoms with E-state index < -0.39 is 0 Å². The molecule has 1 aromatic rings. The average molecular weight is 261 g/mol. The van der Waals surface area contributed by atoms with Crippen LogP contribution in [0.15, 0.2) is 18.2 Å². The molecule has 2 atom stereocenters. The molecule has 0 spiro atoms. The van der Waals surface area contributed by atoms with Gasteiger partial charge in [-0.2, -0.15) is 0 Å². The summed E-state index contributed by atoms with van der Waals surface area (Å²) in [5.41, 5.74) is 9.43. The van der Waals surface area contributed by atoms with E-state index >= 15 is 0 Å². The third-order valence-electron chi connectivity index (χ3n) is 3.81. The molecule has 1 aliphatic rings. The molecule has 2 rings (SSSR count). The number of carbonyl (C=O) groups excluding carboxylic acids is 1. The number of rotatable bonds is 4. The van der Waals surface area contributed by atoms with Crippen molar-refractivity contribution in [3.63, 3.8) is 0 Å². The molecular weight excluding hydrogens is 238 g/mol. The van der Waals surface area contributed by atoms with Gasteiger partial charge in [-0.3, -0.25) is 4.79 Å². The van der Waals surface area contributed by atoms with Gasteiger partial charge in [0.15, 0.2) is 0 Å². The van der Waals surface area contributed by atoms with E-state index in [0.717, 1.165) is 18.5 Å². The lowest BCUT2D eigenvalue weighted by molar-refractivity contribution is -0.118. The van der Waals surface area contributed by atoms with E-state index in [1.807, 2.05) is 27.1 Å². The lowest BCUT2D eigenvalue weighted by Gasteiger charge is -2.27. The number of aryl methyl sites for hydroxylation is 1. The van der Waals surface area contributed by atoms with Crippen molar-refractivity contribution in [2.75, 3.05) is 19.0 Å². The van der Waals surface area contributed by atoms with Gasteiger partial charge in [-0.1, -0.05) is 12.1 Å². The van der Waals surface area contributed by atoms with Crippen LogP contribution in [0, 0.1) is 0 Å². The summed E-state index contributed by atoms with van der Waals surface area (Å²) in [4.78, 5) is 13.4. The molecule has 3 N–H and O–H groups in total. The summed E-state index contributed by atoms with van der Waals surface area (Å²) >= 11 is 0. The van der Waals surface area contributed by atoms with Gasteiger partial charge in [0, 0.05) is 31.2 Å². The van der Waals surface area contributed by atoms with Crippen LogP contribution in [0.2, 0.25) is 0 Å². The Morgan fingerprint density at radius 3 is 2.79 bits per heavy atom. The number of hydrogen-bond donors (Lipinski definition) is 2. The fourth-order valence-electron chi connectivity index (χ4n) is 2.69. The van der Waals surface area contributed by atoms with Crippen molar-refractivity contribution in [1.29, 1.82) is 0 Å². The summed E-state index contributed by atoms with van der Waals surface area (Å²) in [7, 11) is 3.81. The van der Waals surface area contributed by atoms with Crippen LogP contribution < -0.4 is 16.0 Å². The van der Waals surface area contributed by atoms with Gasteiger partial charge in [-0.15, -0.1) is 0 Å². The highest BCUT2D eigenvalue weighted by Crippen LogP contribution is 2.30. The van der Waals surface area contributed by atoms with Crippen molar-refractivity contribution >= 4 is 11.6 Å². The first kappa shape index (κ1) is 14.0. The Hall–Kier alpha value is -1.39. The van der Waals surface area contributed by atoms with Gasteiger partial charge in [0.2, 0.25) is 5.91 Å². The number of nitrogens with two attached hydrogens (primary N) is 1. The highest BCUT2D eigenvalue weighted by Gasteiger charge is 2.22. The number of hydrogen-bond acceptors (Lipinski definition) is 3. The summed E-state index contributed by atoms with van der Waals surface area (Å²) in [5, 5.41) is 3.32. The van der Waals surface area contributed by atoms with Gasteiger partial charge < -0.3 is 16.0 Å². The Kier molecular flexibility index (Phi) is 4.22. The quantitative estimate of drug-likeness (QED) is 0.865. The molecule has 1 amide bonds. The largest absolute Gasteiger partial charge is 0.328 e. The topological polar surface area (TPSA) is 58.4 Å². The fraction of sp³-hybridized carbons (Fsp3) is 0.533. The maximum atomic E-state index is 11.7. The van der Waals surface area contributed by atoms with Crippen LogP contribution in [0.1, 0.15) is 36.9 Å². The molecular formula is C15H23N3O. The zero-order chi connectivity index (χ0) is 14.0. The van der Waals surface area contributed by atoms with E-state index in [2.05, 4.69) is 17.4 Å². The maximum absolute atomic E-state index is 11.7. The van der Waals surface area contributed by atoms with E-state index in [1.165, 1.54) is 11.1 Å². The van der Waals surface area contributed by atoms with E-state index in [0.29, 0.717) is 6.42 Å². The minimum absolute atomic E-state index is 0.165. The molecule has 0 fully saturated rings. The lowest BCUT2D eigenvalue weighted by Crippen LogP contribution is -2.31. The van der Waals surface area contributed by atoms with Crippen LogP contribution >= 0.6 is 0 Å². The highest BCUT2D eigenvalue weighted by molar-refractivity contribution is 5.95. The summed E-state index contributed by atoms with van der Waals surface area (Å²) in [6.45, 7) is 2.02. The van der Waals surface area contributed by atoms with Gasteiger partial charge in [0.25, 0.3) is 0 Å². The SMILES string of the molecule is CNC(CC(C)N)c1ccc2c(c1)CCC(=O)N2C. The first-order valence-electron chi connectivity index (χ1n) is 6.85. The second-order valence-corrected chi connectivity index (χ2v) is 5.40. The van der Waals surface area contributed by atoms with Crippen molar-refractivity contribution in [2.45, 2.75) is 38.3 Å². The van der Waals surface area contributed by atoms with Crippen molar-refractivity contribution in [2.24, 2.45) is 5.73 Å². The molecule has 1 heterocycles. The first-order chi connectivity index (χ1) is 9.02. The number of benzene rings is 1. The number of fused-ring (bicyclic) bond motifs is 1. The molecule has 0 aliphatic carbocycles. The Labute approximate surface area is 115 Å². The number of amides is 1. The van der Waals surface area contributed by atoms with Crippen molar-refractivity contribution in [3.05, 3.63) is 29.3 Å². The third kappa shape index (κ3) is 2.96. The molecule has 104 valence electrons. The Balaban J connectivity index is 2.28. The number of carbonyl (C=O) groups is 1. The third-order valence-corrected chi connectivity index (χ3v) is 3.81. The van der Waals surface area contributed by atoms with Crippen molar-refractivity contribution in [1.82, 2.24) is 5.32 Å². The molecule has 0 radical (unpaired) electrons. The summed E-state index contributed by atoms with van der Waals surface area (Å²) in [5.74, 6) is 0.195. The Bertz CT molecular complexity index is 470. The molecule has 0 saturated heterocycles. The predicted octanol–water partition coefficient (Wildman–Crippen LogP) is 1.59. The van der Waals surface area contributed by atoms with Crippen molar-refractivity contribution < 1.29 is 4.79 Å². The number of anilines is 1. The summed E-state index contributed by atoms with van der Waals surface area (Å²) < 4.78 is 0. The second-order valence-electron chi connectivity index (χ2n) is 5.40. The van der Waals surface area contributed by atoms with Crippen LogP contribution in [0.3, 0.4) is 0 Å². The van der Waals surface area contributed by atoms with Gasteiger partial charge in [0.05, 0.1) is 0 Å². The van der Waals surface area contributed by atoms with Gasteiger partial charge in [-0.05, 0) is 44.0 Å². The molecule has 19 heavy (non-hydrogen) atoms. The molecule has 0 bridgehead atoms. The Morgan fingerprint density at radius 2 is 2.16 bits per heavy atom. The van der Waals surface area contributed by atoms with Gasteiger partial charge in [-0.25, -0.2) is 0 Å². The van der Waals surface area contributed by atoms with Crippen LogP contribution in [0.25, 0.3) is 0 Å². The van der Waals surface area contributed by atoms with Crippen LogP contribution in [0.4, 0.5) is 5.69 Å². The van der Waals surface area contributed by atoms with E-state index in [1.54, 1.807) is 4.90 Å². The molecule has 2 unspecified atom stereocenters. The molecule has 1 aliphatic heterocycles. The zero-order valence-corrected chi connectivity index (χ0v) is 11.9. The molecule has 0 aromatic heterocycles. The zero-order valence-electron chi connectivity index (χ0n) is 11.9. The van der Waals surface area contributed by atoms with Crippen molar-refractivity contribution in [3.8, 4) is 0 Å². The maximum Gasteiger partial charge on any atom is 0.227 e. The predicted molar refractivity (Wildman–Crippen MR) is 78.2 cm³/mol. The van der Waals surface area contributed by atoms with E-state index in [9.17, 15) is 4.79 Å². The minimum atomic E-state index is 0.165. The number of nitrogens with one attached hydrogen (secondary N) is 1. The number of nitrogens with zero attached hydrogens (tertiary/aromatic N) is 1. The van der Waals surface area contributed by atoms with E-state index in [-0.39, 0.29) is 18.0 Å². The minimum Gasteiger partial charge on any atom is -0.328 e. The average Bonchev–Trinajstić information content (AvgIpc) is 2.40. The normalized spacial score (nSPS) is 18.1. The van der Waals surface area contributed by atoms with Gasteiger partial charge in [0.1, 0.15) is 0 Å². The molecule has 1 aromatic carbocycles. The van der Waals surface area contributed by atoms with Crippen LogP contribution in [-0.2, 0) is 11.2 Å². The first-order valence-corrected chi connectivity index (χ1v) is 6.85. The molecule has 4 nitrogen and oxygen atoms in total. The van der Waals surface area contributed by atoms with E-state index in [4.69, 9.17) is 5.73 Å². The molecule has 4 heteroatoms. The molecule has 0 saturated carbocycles. The smallest absolute Gasteiger partial charge is 0.227 e. The monoisotopic (exact) mass is 261 g/mol. The van der Waals surface area contributed by atoms with Crippen LogP contribution in [0.5, 0.6) is 0 Å². The summed E-state index contributed by atoms with van der Waals surface area (Å²) in [6.07, 6.45) is 2.34. The standard InChI is InChI=1S/C15H23N3O/c1-10(16)8-13(17-2)11-4-6-14-12(9-11)5-7-15(19)18(14)3/h4,6,9-10,13,17H,5,7-8,16H2,1-3H3. The lowest BCUT2D eigenvalue weighted by atomic mass is 9.94. The highest BCUT2D eigenvalue weighted by atomic mass is 16.2. The second kappa shape index (κ2) is 5.72. The Morgan fingerprint density at radius 1 is 1.42 bits per heavy atom. The van der Waals surface area contributed by atoms with Crippen LogP contribution in [-0.4, -0.2) is 26.0 Å². The summed E-state index contributed by atoms with van der Waals surface area (Å²) in [6, 6.07) is 6.79. The fourth-order valence-corrected chi connectivity index (χ4v) is 2.69.